The molecule has 0 unspecified atom stereocenters. The van der Waals surface area contributed by atoms with Crippen molar-refractivity contribution in [2.45, 2.75) is 13.8 Å². The average molecular weight is 391 g/mol. The molecule has 0 heterocycles. The van der Waals surface area contributed by atoms with Crippen molar-refractivity contribution in [1.82, 2.24) is 5.43 Å². The summed E-state index contributed by atoms with van der Waals surface area (Å²) in [5, 5.41) is 3.92. The molecule has 0 aliphatic heterocycles. The molecule has 24 heavy (non-hydrogen) atoms. The normalized spacial score (nSPS) is 10.7. The third-order valence-corrected chi connectivity index (χ3v) is 3.81. The number of halogens is 1. The molecule has 6 heteroatoms. The van der Waals surface area contributed by atoms with Gasteiger partial charge in [0.05, 0.1) is 17.8 Å². The van der Waals surface area contributed by atoms with Crippen LogP contribution in [0.3, 0.4) is 0 Å². The first-order chi connectivity index (χ1) is 11.5. The first-order valence-corrected chi connectivity index (χ1v) is 8.14. The molecule has 0 aromatic heterocycles. The summed E-state index contributed by atoms with van der Waals surface area (Å²) in [5.41, 5.74) is 5.36. The van der Waals surface area contributed by atoms with Crippen LogP contribution < -0.4 is 14.9 Å². The Bertz CT molecular complexity index is 737. The maximum Gasteiger partial charge on any atom is 0.277 e. The van der Waals surface area contributed by atoms with Crippen molar-refractivity contribution in [3.63, 3.8) is 0 Å². The van der Waals surface area contributed by atoms with E-state index in [2.05, 4.69) is 26.5 Å². The number of carbonyl (C=O) groups excluding carboxylic acids is 1. The van der Waals surface area contributed by atoms with Crippen LogP contribution in [-0.4, -0.2) is 25.8 Å². The van der Waals surface area contributed by atoms with E-state index in [0.29, 0.717) is 5.75 Å². The number of methoxy groups -OCH3 is 1. The molecule has 2 aromatic rings. The van der Waals surface area contributed by atoms with Crippen LogP contribution in [0, 0.1) is 13.8 Å². The van der Waals surface area contributed by atoms with Gasteiger partial charge in [-0.3, -0.25) is 4.79 Å². The highest BCUT2D eigenvalue weighted by molar-refractivity contribution is 9.10. The third-order valence-electron chi connectivity index (χ3n) is 3.22. The summed E-state index contributed by atoms with van der Waals surface area (Å²) in [7, 11) is 1.60. The quantitative estimate of drug-likeness (QED) is 0.605. The molecule has 0 saturated carbocycles. The lowest BCUT2D eigenvalue weighted by atomic mass is 10.1. The Labute approximate surface area is 149 Å². The van der Waals surface area contributed by atoms with E-state index in [1.54, 1.807) is 13.3 Å². The topological polar surface area (TPSA) is 59.9 Å². The van der Waals surface area contributed by atoms with Crippen molar-refractivity contribution in [2.24, 2.45) is 5.10 Å². The van der Waals surface area contributed by atoms with Crippen LogP contribution >= 0.6 is 15.9 Å². The van der Waals surface area contributed by atoms with Crippen LogP contribution in [0.1, 0.15) is 16.7 Å². The second kappa shape index (κ2) is 8.49. The van der Waals surface area contributed by atoms with Gasteiger partial charge in [-0.1, -0.05) is 18.2 Å². The lowest BCUT2D eigenvalue weighted by molar-refractivity contribution is -0.123. The molecular weight excluding hydrogens is 372 g/mol. The van der Waals surface area contributed by atoms with E-state index in [4.69, 9.17) is 9.47 Å². The highest BCUT2D eigenvalue weighted by Crippen LogP contribution is 2.30. The van der Waals surface area contributed by atoms with Gasteiger partial charge < -0.3 is 9.47 Å². The van der Waals surface area contributed by atoms with Crippen LogP contribution in [0.2, 0.25) is 0 Å². The van der Waals surface area contributed by atoms with E-state index >= 15 is 0 Å². The Morgan fingerprint density at radius 3 is 2.79 bits per heavy atom. The van der Waals surface area contributed by atoms with Crippen molar-refractivity contribution in [3.05, 3.63) is 57.6 Å². The molecule has 0 aliphatic rings. The monoisotopic (exact) mass is 390 g/mol. The Hall–Kier alpha value is -2.34. The fourth-order valence-corrected chi connectivity index (χ4v) is 2.94. The number of aryl methyl sites for hydroxylation is 2. The van der Waals surface area contributed by atoms with Crippen LogP contribution in [-0.2, 0) is 4.79 Å². The van der Waals surface area contributed by atoms with Crippen molar-refractivity contribution in [1.29, 1.82) is 0 Å². The van der Waals surface area contributed by atoms with Crippen molar-refractivity contribution < 1.29 is 14.3 Å². The number of amides is 1. The number of nitrogens with zero attached hydrogens (tertiary/aromatic N) is 1. The maximum atomic E-state index is 11.8. The van der Waals surface area contributed by atoms with Gasteiger partial charge in [0.2, 0.25) is 0 Å². The average Bonchev–Trinajstić information content (AvgIpc) is 2.54. The van der Waals surface area contributed by atoms with Gasteiger partial charge in [-0.15, -0.1) is 0 Å². The summed E-state index contributed by atoms with van der Waals surface area (Å²) in [6.07, 6.45) is 1.55. The molecule has 2 rings (SSSR count). The highest BCUT2D eigenvalue weighted by atomic mass is 79.9. The Balaban J connectivity index is 1.89. The number of rotatable bonds is 6. The molecule has 0 aliphatic carbocycles. The molecule has 5 nitrogen and oxygen atoms in total. The lowest BCUT2D eigenvalue weighted by Crippen LogP contribution is -2.24. The minimum absolute atomic E-state index is 0.113. The van der Waals surface area contributed by atoms with Crippen LogP contribution in [0.5, 0.6) is 11.5 Å². The first-order valence-electron chi connectivity index (χ1n) is 7.35. The zero-order valence-corrected chi connectivity index (χ0v) is 15.4. The van der Waals surface area contributed by atoms with Gasteiger partial charge in [-0.05, 0) is 64.7 Å². The van der Waals surface area contributed by atoms with E-state index in [1.807, 2.05) is 50.2 Å². The number of hydrazone groups is 1. The zero-order chi connectivity index (χ0) is 17.5. The lowest BCUT2D eigenvalue weighted by Gasteiger charge is -2.11. The molecule has 2 aromatic carbocycles. The van der Waals surface area contributed by atoms with Gasteiger partial charge in [0.25, 0.3) is 5.91 Å². The second-order valence-corrected chi connectivity index (χ2v) is 6.11. The standard InChI is InChI=1S/C18H19BrN2O3/c1-12-7-13(2)18(16(19)8-12)24-11-17(22)21-20-10-14-5-4-6-15(9-14)23-3/h4-10H,11H2,1-3H3,(H,21,22). The second-order valence-electron chi connectivity index (χ2n) is 5.25. The van der Waals surface area contributed by atoms with Gasteiger partial charge in [-0.2, -0.15) is 5.10 Å². The van der Waals surface area contributed by atoms with E-state index in [9.17, 15) is 4.79 Å². The van der Waals surface area contributed by atoms with Gasteiger partial charge in [0.15, 0.2) is 6.61 Å². The molecular formula is C18H19BrN2O3. The largest absolute Gasteiger partial charge is 0.497 e. The number of hydrogen-bond acceptors (Lipinski definition) is 4. The molecule has 0 atom stereocenters. The predicted octanol–water partition coefficient (Wildman–Crippen LogP) is 3.60. The zero-order valence-electron chi connectivity index (χ0n) is 13.8. The maximum absolute atomic E-state index is 11.8. The molecule has 0 spiro atoms. The third kappa shape index (κ3) is 5.09. The Morgan fingerprint density at radius 2 is 2.08 bits per heavy atom. The van der Waals surface area contributed by atoms with E-state index in [0.717, 1.165) is 26.9 Å². The molecule has 126 valence electrons. The fraction of sp³-hybridized carbons (Fsp3) is 0.222. The molecule has 0 bridgehead atoms. The first kappa shape index (κ1) is 18.0. The predicted molar refractivity (Wildman–Crippen MR) is 97.8 cm³/mol. The smallest absolute Gasteiger partial charge is 0.277 e. The summed E-state index contributed by atoms with van der Waals surface area (Å²) in [4.78, 5) is 11.8. The van der Waals surface area contributed by atoms with Gasteiger partial charge in [0, 0.05) is 0 Å². The highest BCUT2D eigenvalue weighted by Gasteiger charge is 2.08. The molecule has 0 fully saturated rings. The number of ether oxygens (including phenoxy) is 2. The molecule has 1 amide bonds. The van der Waals surface area contributed by atoms with Crippen molar-refractivity contribution in [2.75, 3.05) is 13.7 Å². The van der Waals surface area contributed by atoms with Crippen LogP contribution in [0.25, 0.3) is 0 Å². The minimum atomic E-state index is -0.332. The number of nitrogens with one attached hydrogen (secondary N) is 1. The van der Waals surface area contributed by atoms with Crippen molar-refractivity contribution in [3.8, 4) is 11.5 Å². The molecule has 0 saturated heterocycles. The Morgan fingerprint density at radius 1 is 1.29 bits per heavy atom. The fourth-order valence-electron chi connectivity index (χ4n) is 2.16. The summed E-state index contributed by atoms with van der Waals surface area (Å²) in [6, 6.07) is 11.3. The number of benzene rings is 2. The minimum Gasteiger partial charge on any atom is -0.497 e. The van der Waals surface area contributed by atoms with Gasteiger partial charge in [0.1, 0.15) is 11.5 Å². The molecule has 0 radical (unpaired) electrons. The van der Waals surface area contributed by atoms with Crippen molar-refractivity contribution >= 4 is 28.1 Å². The summed E-state index contributed by atoms with van der Waals surface area (Å²) in [5.74, 6) is 1.06. The SMILES string of the molecule is COc1cccc(C=NNC(=O)COc2c(C)cc(C)cc2Br)c1. The van der Waals surface area contributed by atoms with E-state index < -0.39 is 0 Å². The Kier molecular flexibility index (Phi) is 6.37. The van der Waals surface area contributed by atoms with Gasteiger partial charge >= 0.3 is 0 Å². The van der Waals surface area contributed by atoms with E-state index in [-0.39, 0.29) is 12.5 Å². The number of carbonyl (C=O) groups is 1. The summed E-state index contributed by atoms with van der Waals surface area (Å²) < 4.78 is 11.5. The van der Waals surface area contributed by atoms with Gasteiger partial charge in [-0.25, -0.2) is 5.43 Å². The van der Waals surface area contributed by atoms with E-state index in [1.165, 1.54) is 0 Å². The summed E-state index contributed by atoms with van der Waals surface area (Å²) >= 11 is 3.45. The number of hydrogen-bond donors (Lipinski definition) is 1. The summed E-state index contributed by atoms with van der Waals surface area (Å²) in [6.45, 7) is 3.82. The van der Waals surface area contributed by atoms with Crippen LogP contribution in [0.15, 0.2) is 46.0 Å². The van der Waals surface area contributed by atoms with Crippen LogP contribution in [0.4, 0.5) is 0 Å². The molecule has 1 N–H and O–H groups in total.